The van der Waals surface area contributed by atoms with Gasteiger partial charge in [0.1, 0.15) is 5.82 Å². The number of aromatic amines is 1. The molecule has 0 aliphatic carbocycles. The normalized spacial score (nSPS) is 14.4. The van der Waals surface area contributed by atoms with Crippen LogP contribution in [0.4, 0.5) is 0 Å². The molecule has 2 heterocycles. The van der Waals surface area contributed by atoms with Gasteiger partial charge in [-0.15, -0.1) is 0 Å². The van der Waals surface area contributed by atoms with Crippen molar-refractivity contribution >= 4 is 34.2 Å². The Morgan fingerprint density at radius 1 is 1.00 bits per heavy atom. The van der Waals surface area contributed by atoms with E-state index in [1.165, 1.54) is 11.1 Å². The predicted octanol–water partition coefficient (Wildman–Crippen LogP) is 4.18. The second kappa shape index (κ2) is 5.02. The van der Waals surface area contributed by atoms with Gasteiger partial charge in [0.15, 0.2) is 0 Å². The number of hydrogen-bond donors (Lipinski definition) is 2. The Kier molecular flexibility index (Phi) is 3.14. The quantitative estimate of drug-likeness (QED) is 0.706. The van der Waals surface area contributed by atoms with E-state index in [4.69, 9.17) is 23.2 Å². The van der Waals surface area contributed by atoms with Crippen molar-refractivity contribution in [1.29, 1.82) is 0 Å². The highest BCUT2D eigenvalue weighted by Crippen LogP contribution is 2.29. The van der Waals surface area contributed by atoms with E-state index >= 15 is 0 Å². The zero-order valence-electron chi connectivity index (χ0n) is 11.2. The summed E-state index contributed by atoms with van der Waals surface area (Å²) in [5, 5.41) is 4.46. The van der Waals surface area contributed by atoms with Gasteiger partial charge in [-0.3, -0.25) is 0 Å². The van der Waals surface area contributed by atoms with Gasteiger partial charge in [0.2, 0.25) is 0 Å². The minimum atomic E-state index is 0.525. The molecule has 21 heavy (non-hydrogen) atoms. The van der Waals surface area contributed by atoms with Crippen LogP contribution >= 0.6 is 23.2 Å². The molecule has 0 radical (unpaired) electrons. The Bertz CT molecular complexity index is 800. The van der Waals surface area contributed by atoms with Crippen LogP contribution < -0.4 is 5.32 Å². The molecule has 0 saturated carbocycles. The van der Waals surface area contributed by atoms with Crippen molar-refractivity contribution in [2.24, 2.45) is 0 Å². The van der Waals surface area contributed by atoms with Crippen LogP contribution in [0.25, 0.3) is 22.4 Å². The Hall–Kier alpha value is -1.55. The molecule has 0 atom stereocenters. The molecular formula is C16H13Cl2N3. The molecule has 0 fully saturated rings. The van der Waals surface area contributed by atoms with E-state index in [1.807, 2.05) is 6.07 Å². The third-order valence-corrected chi connectivity index (χ3v) is 4.61. The molecule has 1 aliphatic rings. The fourth-order valence-corrected chi connectivity index (χ4v) is 3.09. The van der Waals surface area contributed by atoms with Gasteiger partial charge in [-0.1, -0.05) is 35.3 Å². The van der Waals surface area contributed by atoms with Gasteiger partial charge >= 0.3 is 0 Å². The molecule has 1 aromatic heterocycles. The summed E-state index contributed by atoms with van der Waals surface area (Å²) in [4.78, 5) is 7.93. The largest absolute Gasteiger partial charge is 0.338 e. The van der Waals surface area contributed by atoms with E-state index in [9.17, 15) is 0 Å². The summed E-state index contributed by atoms with van der Waals surface area (Å²) < 4.78 is 0. The minimum absolute atomic E-state index is 0.525. The fraction of sp³-hybridized carbons (Fsp3) is 0.188. The number of fused-ring (bicyclic) bond motifs is 2. The third kappa shape index (κ3) is 2.31. The lowest BCUT2D eigenvalue weighted by molar-refractivity contribution is 0.644. The lowest BCUT2D eigenvalue weighted by Gasteiger charge is -2.17. The summed E-state index contributed by atoms with van der Waals surface area (Å²) in [5.41, 5.74) is 5.57. The van der Waals surface area contributed by atoms with Gasteiger partial charge in [0.25, 0.3) is 0 Å². The number of benzene rings is 2. The lowest BCUT2D eigenvalue weighted by Crippen LogP contribution is -2.23. The van der Waals surface area contributed by atoms with E-state index in [-0.39, 0.29) is 0 Å². The smallest absolute Gasteiger partial charge is 0.138 e. The van der Waals surface area contributed by atoms with Crippen LogP contribution in [0.1, 0.15) is 11.1 Å². The Morgan fingerprint density at radius 2 is 1.86 bits per heavy atom. The number of nitrogens with zero attached hydrogens (tertiary/aromatic N) is 1. The lowest BCUT2D eigenvalue weighted by atomic mass is 9.98. The molecule has 106 valence electrons. The summed E-state index contributed by atoms with van der Waals surface area (Å²) >= 11 is 12.1. The number of H-pyrrole nitrogens is 1. The van der Waals surface area contributed by atoms with E-state index in [1.54, 1.807) is 6.07 Å². The SMILES string of the molecule is Clc1cc2nc(-c3ccc4c(c3)CNCC4)[nH]c2cc1Cl. The zero-order chi connectivity index (χ0) is 14.4. The Balaban J connectivity index is 1.82. The van der Waals surface area contributed by atoms with Crippen molar-refractivity contribution in [3.8, 4) is 11.4 Å². The molecule has 2 aromatic carbocycles. The van der Waals surface area contributed by atoms with E-state index in [0.717, 1.165) is 41.9 Å². The van der Waals surface area contributed by atoms with Crippen LogP contribution in [0, 0.1) is 0 Å². The molecule has 2 N–H and O–H groups in total. The van der Waals surface area contributed by atoms with Crippen LogP contribution in [0.2, 0.25) is 10.0 Å². The first-order valence-electron chi connectivity index (χ1n) is 6.88. The summed E-state index contributed by atoms with van der Waals surface area (Å²) in [6.07, 6.45) is 1.08. The van der Waals surface area contributed by atoms with Gasteiger partial charge in [-0.25, -0.2) is 4.98 Å². The summed E-state index contributed by atoms with van der Waals surface area (Å²) in [5.74, 6) is 0.844. The summed E-state index contributed by atoms with van der Waals surface area (Å²) in [7, 11) is 0. The van der Waals surface area contributed by atoms with E-state index in [2.05, 4.69) is 33.5 Å². The highest BCUT2D eigenvalue weighted by Gasteiger charge is 2.12. The molecule has 3 aromatic rings. The second-order valence-corrected chi connectivity index (χ2v) is 6.09. The fourth-order valence-electron chi connectivity index (χ4n) is 2.77. The van der Waals surface area contributed by atoms with Crippen LogP contribution in [-0.4, -0.2) is 16.5 Å². The maximum atomic E-state index is 6.05. The molecule has 1 aliphatic heterocycles. The van der Waals surface area contributed by atoms with Crippen LogP contribution in [0.15, 0.2) is 30.3 Å². The number of nitrogens with one attached hydrogen (secondary N) is 2. The second-order valence-electron chi connectivity index (χ2n) is 5.28. The molecule has 0 bridgehead atoms. The summed E-state index contributed by atoms with van der Waals surface area (Å²) in [6, 6.07) is 10.1. The standard InChI is InChI=1S/C16H13Cl2N3/c17-12-6-14-15(7-13(12)18)21-16(20-14)10-2-1-9-3-4-19-8-11(9)5-10/h1-2,5-7,19H,3-4,8H2,(H,20,21). The molecule has 5 heteroatoms. The Labute approximate surface area is 132 Å². The first-order chi connectivity index (χ1) is 10.2. The van der Waals surface area contributed by atoms with Crippen molar-refractivity contribution in [1.82, 2.24) is 15.3 Å². The first-order valence-corrected chi connectivity index (χ1v) is 7.64. The van der Waals surface area contributed by atoms with Crippen molar-refractivity contribution < 1.29 is 0 Å². The number of rotatable bonds is 1. The van der Waals surface area contributed by atoms with E-state index < -0.39 is 0 Å². The van der Waals surface area contributed by atoms with Gasteiger partial charge in [-0.05, 0) is 42.3 Å². The Morgan fingerprint density at radius 3 is 2.76 bits per heavy atom. The summed E-state index contributed by atoms with van der Waals surface area (Å²) in [6.45, 7) is 1.97. The molecule has 4 rings (SSSR count). The number of hydrogen-bond acceptors (Lipinski definition) is 2. The van der Waals surface area contributed by atoms with Crippen molar-refractivity contribution in [2.75, 3.05) is 6.54 Å². The predicted molar refractivity (Wildman–Crippen MR) is 87.0 cm³/mol. The number of halogens is 2. The maximum absolute atomic E-state index is 6.05. The maximum Gasteiger partial charge on any atom is 0.138 e. The molecule has 0 spiro atoms. The van der Waals surface area contributed by atoms with Gasteiger partial charge in [0, 0.05) is 12.1 Å². The molecule has 0 saturated heterocycles. The highest BCUT2D eigenvalue weighted by atomic mass is 35.5. The number of aromatic nitrogens is 2. The highest BCUT2D eigenvalue weighted by molar-refractivity contribution is 6.42. The average Bonchev–Trinajstić information content (AvgIpc) is 2.90. The van der Waals surface area contributed by atoms with Crippen LogP contribution in [-0.2, 0) is 13.0 Å². The topological polar surface area (TPSA) is 40.7 Å². The van der Waals surface area contributed by atoms with Crippen molar-refractivity contribution in [3.63, 3.8) is 0 Å². The molecule has 3 nitrogen and oxygen atoms in total. The zero-order valence-corrected chi connectivity index (χ0v) is 12.7. The number of imidazole rings is 1. The van der Waals surface area contributed by atoms with Crippen molar-refractivity contribution in [3.05, 3.63) is 51.5 Å². The third-order valence-electron chi connectivity index (χ3n) is 3.89. The molecular weight excluding hydrogens is 305 g/mol. The minimum Gasteiger partial charge on any atom is -0.338 e. The van der Waals surface area contributed by atoms with E-state index in [0.29, 0.717) is 10.0 Å². The van der Waals surface area contributed by atoms with Gasteiger partial charge in [-0.2, -0.15) is 0 Å². The monoisotopic (exact) mass is 317 g/mol. The first kappa shape index (κ1) is 13.1. The average molecular weight is 318 g/mol. The molecule has 0 amide bonds. The van der Waals surface area contributed by atoms with Crippen molar-refractivity contribution in [2.45, 2.75) is 13.0 Å². The van der Waals surface area contributed by atoms with Gasteiger partial charge < -0.3 is 10.3 Å². The van der Waals surface area contributed by atoms with Crippen LogP contribution in [0.5, 0.6) is 0 Å². The molecule has 0 unspecified atom stereocenters. The van der Waals surface area contributed by atoms with Gasteiger partial charge in [0.05, 0.1) is 21.1 Å². The van der Waals surface area contributed by atoms with Crippen LogP contribution in [0.3, 0.4) is 0 Å².